The fourth-order valence-electron chi connectivity index (χ4n) is 0.857. The van der Waals surface area contributed by atoms with Gasteiger partial charge in [-0.15, -0.1) is 11.8 Å². The summed E-state index contributed by atoms with van der Waals surface area (Å²) < 4.78 is 1.54. The third kappa shape index (κ3) is 1.54. The molecule has 1 rings (SSSR count). The zero-order valence-corrected chi connectivity index (χ0v) is 9.26. The van der Waals surface area contributed by atoms with Crippen LogP contribution in [0.4, 0.5) is 0 Å². The molecule has 0 amide bonds. The summed E-state index contributed by atoms with van der Waals surface area (Å²) in [5.41, 5.74) is 0.0110. The number of thioether (sulfide) groups is 1. The number of aryl methyl sites for hydroxylation is 1. The summed E-state index contributed by atoms with van der Waals surface area (Å²) in [6, 6.07) is 0. The van der Waals surface area contributed by atoms with Gasteiger partial charge in [0.25, 0.3) is 5.56 Å². The minimum atomic E-state index is 0.0110. The molecule has 0 bridgehead atoms. The van der Waals surface area contributed by atoms with Gasteiger partial charge in [0, 0.05) is 7.05 Å². The molecule has 66 valence electrons. The van der Waals surface area contributed by atoms with E-state index in [0.29, 0.717) is 5.30 Å². The molecule has 0 aromatic carbocycles. The lowest BCUT2D eigenvalue weighted by Crippen LogP contribution is -2.32. The molecule has 1 aromatic rings. The Bertz CT molecular complexity index is 361. The molecule has 0 aliphatic heterocycles. The first kappa shape index (κ1) is 9.75. The van der Waals surface area contributed by atoms with Gasteiger partial charge in [-0.1, -0.05) is 9.24 Å². The van der Waals surface area contributed by atoms with Crippen LogP contribution in [0.3, 0.4) is 0 Å². The van der Waals surface area contributed by atoms with Crippen LogP contribution < -0.4 is 10.9 Å². The third-order valence-electron chi connectivity index (χ3n) is 1.71. The van der Waals surface area contributed by atoms with E-state index in [1.165, 1.54) is 11.8 Å². The Morgan fingerprint density at radius 2 is 2.17 bits per heavy atom. The zero-order valence-electron chi connectivity index (χ0n) is 7.29. The molecular formula is C7H11N2OPS. The van der Waals surface area contributed by atoms with Gasteiger partial charge < -0.3 is 0 Å². The van der Waals surface area contributed by atoms with E-state index < -0.39 is 0 Å². The van der Waals surface area contributed by atoms with Gasteiger partial charge in [-0.25, -0.2) is 4.98 Å². The van der Waals surface area contributed by atoms with E-state index in [-0.39, 0.29) is 5.56 Å². The second-order valence-electron chi connectivity index (χ2n) is 2.45. The SMILES string of the molecule is CSc1nc(C)n(C)c(=O)c1P. The van der Waals surface area contributed by atoms with Crippen molar-refractivity contribution in [2.75, 3.05) is 6.26 Å². The van der Waals surface area contributed by atoms with Crippen LogP contribution in [0.2, 0.25) is 0 Å². The van der Waals surface area contributed by atoms with Gasteiger partial charge in [0.15, 0.2) is 0 Å². The van der Waals surface area contributed by atoms with E-state index in [2.05, 4.69) is 14.2 Å². The number of hydrogen-bond donors (Lipinski definition) is 0. The monoisotopic (exact) mass is 202 g/mol. The highest BCUT2D eigenvalue weighted by Gasteiger charge is 2.06. The van der Waals surface area contributed by atoms with Crippen molar-refractivity contribution in [3.63, 3.8) is 0 Å². The maximum absolute atomic E-state index is 11.5. The van der Waals surface area contributed by atoms with Gasteiger partial charge in [0.2, 0.25) is 0 Å². The van der Waals surface area contributed by atoms with Crippen LogP contribution >= 0.6 is 21.0 Å². The molecular weight excluding hydrogens is 191 g/mol. The fraction of sp³-hybridized carbons (Fsp3) is 0.429. The molecule has 0 saturated carbocycles. The van der Waals surface area contributed by atoms with Crippen LogP contribution in [-0.4, -0.2) is 15.8 Å². The smallest absolute Gasteiger partial charge is 0.261 e. The van der Waals surface area contributed by atoms with Crippen LogP contribution in [0.1, 0.15) is 5.82 Å². The van der Waals surface area contributed by atoms with E-state index in [1.54, 1.807) is 11.6 Å². The molecule has 0 saturated heterocycles. The van der Waals surface area contributed by atoms with Gasteiger partial charge >= 0.3 is 0 Å². The largest absolute Gasteiger partial charge is 0.299 e. The Kier molecular flexibility index (Phi) is 2.91. The standard InChI is InChI=1S/C7H11N2OPS/c1-4-8-6(12-3)5(11)7(10)9(4)2/h11H2,1-3H3. The van der Waals surface area contributed by atoms with Crippen molar-refractivity contribution in [3.8, 4) is 0 Å². The van der Waals surface area contributed by atoms with Crippen LogP contribution in [0, 0.1) is 6.92 Å². The van der Waals surface area contributed by atoms with E-state index in [1.807, 2.05) is 13.2 Å². The lowest BCUT2D eigenvalue weighted by atomic mass is 10.5. The highest BCUT2D eigenvalue weighted by Crippen LogP contribution is 2.08. The topological polar surface area (TPSA) is 34.9 Å². The quantitative estimate of drug-likeness (QED) is 0.373. The second kappa shape index (κ2) is 3.58. The number of nitrogens with zero attached hydrogens (tertiary/aromatic N) is 2. The summed E-state index contributed by atoms with van der Waals surface area (Å²) in [4.78, 5) is 15.7. The maximum atomic E-state index is 11.5. The van der Waals surface area contributed by atoms with E-state index in [4.69, 9.17) is 0 Å². The van der Waals surface area contributed by atoms with Gasteiger partial charge in [-0.3, -0.25) is 9.36 Å². The molecule has 3 nitrogen and oxygen atoms in total. The summed E-state index contributed by atoms with van der Waals surface area (Å²) in [5, 5.41) is 1.44. The molecule has 1 heterocycles. The van der Waals surface area contributed by atoms with Gasteiger partial charge in [0.1, 0.15) is 10.9 Å². The molecule has 0 aliphatic rings. The number of hydrogen-bond acceptors (Lipinski definition) is 3. The molecule has 5 heteroatoms. The molecule has 1 atom stereocenters. The van der Waals surface area contributed by atoms with Gasteiger partial charge in [-0.05, 0) is 13.2 Å². The number of rotatable bonds is 1. The summed E-state index contributed by atoms with van der Waals surface area (Å²) in [6.07, 6.45) is 1.91. The van der Waals surface area contributed by atoms with Crippen molar-refractivity contribution < 1.29 is 0 Å². The first-order valence-corrected chi connectivity index (χ1v) is 5.25. The second-order valence-corrected chi connectivity index (χ2v) is 3.82. The normalized spacial score (nSPS) is 10.3. The van der Waals surface area contributed by atoms with Crippen molar-refractivity contribution >= 4 is 26.3 Å². The Morgan fingerprint density at radius 1 is 1.58 bits per heavy atom. The maximum Gasteiger partial charge on any atom is 0.261 e. The number of aromatic nitrogens is 2. The van der Waals surface area contributed by atoms with Gasteiger partial charge in [-0.2, -0.15) is 0 Å². The molecule has 12 heavy (non-hydrogen) atoms. The van der Waals surface area contributed by atoms with Crippen LogP contribution in [0.5, 0.6) is 0 Å². The first-order valence-electron chi connectivity index (χ1n) is 3.45. The highest BCUT2D eigenvalue weighted by atomic mass is 32.2. The van der Waals surface area contributed by atoms with Crippen molar-refractivity contribution in [2.45, 2.75) is 11.9 Å². The van der Waals surface area contributed by atoms with Crippen LogP contribution in [0.15, 0.2) is 9.82 Å². The Hall–Kier alpha value is -0.340. The average Bonchev–Trinajstić information content (AvgIpc) is 2.08. The Morgan fingerprint density at radius 3 is 2.67 bits per heavy atom. The third-order valence-corrected chi connectivity index (χ3v) is 3.14. The van der Waals surface area contributed by atoms with Crippen molar-refractivity contribution in [3.05, 3.63) is 16.2 Å². The summed E-state index contributed by atoms with van der Waals surface area (Å²) in [5.74, 6) is 0.746. The minimum Gasteiger partial charge on any atom is -0.299 e. The Balaban J connectivity index is 3.50. The van der Waals surface area contributed by atoms with Crippen LogP contribution in [0.25, 0.3) is 0 Å². The highest BCUT2D eigenvalue weighted by molar-refractivity contribution is 7.98. The fourth-order valence-corrected chi connectivity index (χ4v) is 2.00. The van der Waals surface area contributed by atoms with Gasteiger partial charge in [0.05, 0.1) is 5.30 Å². The zero-order chi connectivity index (χ0) is 9.30. The predicted octanol–water partition coefficient (Wildman–Crippen LogP) is 0.311. The van der Waals surface area contributed by atoms with Crippen molar-refractivity contribution in [2.24, 2.45) is 7.05 Å². The summed E-state index contributed by atoms with van der Waals surface area (Å²) in [6.45, 7) is 1.82. The summed E-state index contributed by atoms with van der Waals surface area (Å²) in [7, 11) is 4.15. The molecule has 0 fully saturated rings. The van der Waals surface area contributed by atoms with Crippen molar-refractivity contribution in [1.82, 2.24) is 9.55 Å². The molecule has 1 aromatic heterocycles. The van der Waals surface area contributed by atoms with E-state index >= 15 is 0 Å². The van der Waals surface area contributed by atoms with Crippen molar-refractivity contribution in [1.29, 1.82) is 0 Å². The molecule has 0 N–H and O–H groups in total. The summed E-state index contributed by atoms with van der Waals surface area (Å²) >= 11 is 1.49. The van der Waals surface area contributed by atoms with E-state index in [0.717, 1.165) is 10.9 Å². The molecule has 0 radical (unpaired) electrons. The lowest BCUT2D eigenvalue weighted by molar-refractivity contribution is 0.760. The first-order chi connectivity index (χ1) is 5.57. The Labute approximate surface area is 77.8 Å². The molecule has 0 aliphatic carbocycles. The molecule has 0 spiro atoms. The lowest BCUT2D eigenvalue weighted by Gasteiger charge is -2.06. The minimum absolute atomic E-state index is 0.0110. The average molecular weight is 202 g/mol. The predicted molar refractivity (Wildman–Crippen MR) is 55.3 cm³/mol. The molecule has 1 unspecified atom stereocenters. The van der Waals surface area contributed by atoms with E-state index in [9.17, 15) is 4.79 Å². The van der Waals surface area contributed by atoms with Crippen LogP contribution in [-0.2, 0) is 7.05 Å².